The zero-order valence-corrected chi connectivity index (χ0v) is 19.9. The van der Waals surface area contributed by atoms with Gasteiger partial charge in [-0.15, -0.1) is 0 Å². The molecular weight excluding hydrogens is 543 g/mol. The quantitative estimate of drug-likeness (QED) is 0.211. The van der Waals surface area contributed by atoms with Crippen molar-refractivity contribution in [2.45, 2.75) is 9.79 Å². The first-order chi connectivity index (χ1) is 15.9. The van der Waals surface area contributed by atoms with Crippen molar-refractivity contribution >= 4 is 59.1 Å². The van der Waals surface area contributed by atoms with Crippen LogP contribution in [0, 0.1) is 0 Å². The SMILES string of the molecule is O=C([O-])c1cc2ccccc2c(N=Nc2cc(S(=O)(=O)O)c3cccc(S(=O)(=O)O)c3c2)c1[O-].[Mn+2]. The minimum absolute atomic E-state index is 0. The number of carbonyl (C=O) groups excluding carboxylic acids is 1. The van der Waals surface area contributed by atoms with Gasteiger partial charge in [-0.3, -0.25) is 9.11 Å². The summed E-state index contributed by atoms with van der Waals surface area (Å²) in [5.74, 6) is -2.73. The molecule has 11 nitrogen and oxygen atoms in total. The van der Waals surface area contributed by atoms with Gasteiger partial charge in [-0.05, 0) is 35.2 Å². The minimum atomic E-state index is -4.88. The number of azo groups is 1. The van der Waals surface area contributed by atoms with Gasteiger partial charge in [-0.2, -0.15) is 27.1 Å². The van der Waals surface area contributed by atoms with Gasteiger partial charge in [0, 0.05) is 16.2 Å². The second-order valence-electron chi connectivity index (χ2n) is 7.06. The van der Waals surface area contributed by atoms with Crippen LogP contribution in [-0.2, 0) is 37.3 Å². The Morgan fingerprint density at radius 2 is 1.40 bits per heavy atom. The summed E-state index contributed by atoms with van der Waals surface area (Å²) in [6, 6.07) is 12.7. The third-order valence-corrected chi connectivity index (χ3v) is 6.72. The maximum Gasteiger partial charge on any atom is 2.00 e. The van der Waals surface area contributed by atoms with E-state index in [0.717, 1.165) is 24.3 Å². The zero-order valence-electron chi connectivity index (χ0n) is 17.1. The van der Waals surface area contributed by atoms with Crippen LogP contribution in [0.1, 0.15) is 10.4 Å². The largest absolute Gasteiger partial charge is 2.00 e. The van der Waals surface area contributed by atoms with E-state index in [9.17, 15) is 40.9 Å². The van der Waals surface area contributed by atoms with Crippen LogP contribution in [0.3, 0.4) is 0 Å². The summed E-state index contributed by atoms with van der Waals surface area (Å²) in [6.45, 7) is 0. The van der Waals surface area contributed by atoms with Gasteiger partial charge in [-0.1, -0.05) is 42.1 Å². The van der Waals surface area contributed by atoms with Crippen molar-refractivity contribution in [3.8, 4) is 5.75 Å². The fourth-order valence-electron chi connectivity index (χ4n) is 3.47. The van der Waals surface area contributed by atoms with Gasteiger partial charge in [0.2, 0.25) is 0 Å². The summed E-state index contributed by atoms with van der Waals surface area (Å²) in [4.78, 5) is 9.99. The van der Waals surface area contributed by atoms with Crippen LogP contribution in [0.5, 0.6) is 5.75 Å². The number of rotatable bonds is 5. The normalized spacial score (nSPS) is 12.2. The predicted octanol–water partition coefficient (Wildman–Crippen LogP) is 2.34. The van der Waals surface area contributed by atoms with E-state index < -0.39 is 47.3 Å². The third kappa shape index (κ3) is 5.03. The van der Waals surface area contributed by atoms with Gasteiger partial charge in [-0.25, -0.2) is 0 Å². The molecule has 0 aliphatic heterocycles. The van der Waals surface area contributed by atoms with E-state index in [1.54, 1.807) is 12.1 Å². The molecule has 0 unspecified atom stereocenters. The smallest absolute Gasteiger partial charge is 0.871 e. The predicted molar refractivity (Wildman–Crippen MR) is 115 cm³/mol. The van der Waals surface area contributed by atoms with Crippen LogP contribution < -0.4 is 10.2 Å². The van der Waals surface area contributed by atoms with Crippen molar-refractivity contribution in [1.82, 2.24) is 0 Å². The van der Waals surface area contributed by atoms with Gasteiger partial charge in [0.05, 0.1) is 17.3 Å². The van der Waals surface area contributed by atoms with Crippen LogP contribution in [0.25, 0.3) is 21.5 Å². The molecule has 14 heteroatoms. The number of hydrogen-bond donors (Lipinski definition) is 2. The molecule has 0 fully saturated rings. The molecule has 2 N–H and O–H groups in total. The van der Waals surface area contributed by atoms with Crippen LogP contribution in [-0.4, -0.2) is 31.9 Å². The molecule has 0 aliphatic carbocycles. The molecule has 0 aliphatic rings. The summed E-state index contributed by atoms with van der Waals surface area (Å²) in [6.07, 6.45) is 0. The fraction of sp³-hybridized carbons (Fsp3) is 0. The third-order valence-electron chi connectivity index (χ3n) is 4.92. The Hall–Kier alpha value is -3.39. The van der Waals surface area contributed by atoms with Gasteiger partial charge < -0.3 is 15.0 Å². The molecule has 0 saturated heterocycles. The first kappa shape index (κ1) is 26.2. The standard InChI is InChI=1S/C21H14N2O9S2.Mn/c24-20-16(21(25)26)8-11-4-1-2-5-13(11)19(20)23-22-12-9-15-14(18(10-12)34(30,31)32)6-3-7-17(15)33(27,28)29;/h1-10,24H,(H,25,26)(H,27,28,29)(H,30,31,32);/q;+2/p-2. The van der Waals surface area contributed by atoms with Crippen molar-refractivity contribution in [1.29, 1.82) is 0 Å². The van der Waals surface area contributed by atoms with E-state index in [0.29, 0.717) is 5.39 Å². The maximum atomic E-state index is 12.6. The second-order valence-corrected chi connectivity index (χ2v) is 9.84. The second kappa shape index (κ2) is 9.34. The van der Waals surface area contributed by atoms with E-state index >= 15 is 0 Å². The number of carbonyl (C=O) groups is 1. The Bertz CT molecular complexity index is 1750. The number of benzene rings is 4. The van der Waals surface area contributed by atoms with Gasteiger partial charge in [0.1, 0.15) is 9.79 Å². The van der Waals surface area contributed by atoms with Crippen LogP contribution in [0.2, 0.25) is 0 Å². The summed E-state index contributed by atoms with van der Waals surface area (Å²) >= 11 is 0. The van der Waals surface area contributed by atoms with Crippen LogP contribution in [0.4, 0.5) is 11.4 Å². The molecule has 0 bridgehead atoms. The molecule has 0 amide bonds. The Balaban J connectivity index is 0.00000342. The van der Waals surface area contributed by atoms with Gasteiger partial charge in [0.25, 0.3) is 20.2 Å². The molecule has 4 aromatic rings. The maximum absolute atomic E-state index is 12.6. The molecule has 1 radical (unpaired) electrons. The first-order valence-corrected chi connectivity index (χ1v) is 12.1. The molecule has 4 rings (SSSR count). The molecule has 0 saturated carbocycles. The van der Waals surface area contributed by atoms with Crippen molar-refractivity contribution in [3.63, 3.8) is 0 Å². The van der Waals surface area contributed by atoms with E-state index in [4.69, 9.17) is 0 Å². The van der Waals surface area contributed by atoms with Crippen LogP contribution in [0.15, 0.2) is 80.7 Å². The number of carboxylic acids is 1. The number of carboxylic acid groups (broad SMARTS) is 1. The topological polar surface area (TPSA) is 197 Å². The molecule has 35 heavy (non-hydrogen) atoms. The summed E-state index contributed by atoms with van der Waals surface area (Å²) in [5.41, 5.74) is -1.36. The Labute approximate surface area is 208 Å². The zero-order chi connectivity index (χ0) is 24.8. The summed E-state index contributed by atoms with van der Waals surface area (Å²) < 4.78 is 66.6. The number of aromatic carboxylic acids is 1. The van der Waals surface area contributed by atoms with Crippen molar-refractivity contribution in [2.75, 3.05) is 0 Å². The average Bonchev–Trinajstić information content (AvgIpc) is 2.75. The Kier molecular flexibility index (Phi) is 6.99. The van der Waals surface area contributed by atoms with Crippen LogP contribution >= 0.6 is 0 Å². The van der Waals surface area contributed by atoms with Crippen molar-refractivity contribution in [2.24, 2.45) is 10.2 Å². The van der Waals surface area contributed by atoms with E-state index in [1.165, 1.54) is 24.3 Å². The molecule has 179 valence electrons. The molecule has 0 aromatic heterocycles. The molecule has 0 atom stereocenters. The molecule has 0 heterocycles. The minimum Gasteiger partial charge on any atom is -0.871 e. The molecule has 0 spiro atoms. The van der Waals surface area contributed by atoms with E-state index in [-0.39, 0.29) is 44.6 Å². The fourth-order valence-corrected chi connectivity index (χ4v) is 4.90. The van der Waals surface area contributed by atoms with E-state index in [2.05, 4.69) is 10.2 Å². The monoisotopic (exact) mass is 555 g/mol. The molecule has 4 aromatic carbocycles. The average molecular weight is 555 g/mol. The van der Waals surface area contributed by atoms with Crippen molar-refractivity contribution < 1.29 is 58.0 Å². The number of fused-ring (bicyclic) bond motifs is 2. The van der Waals surface area contributed by atoms with Gasteiger partial charge >= 0.3 is 17.1 Å². The van der Waals surface area contributed by atoms with Gasteiger partial charge in [0.15, 0.2) is 0 Å². The number of hydrogen-bond acceptors (Lipinski definition) is 9. The Morgan fingerprint density at radius 3 is 2.03 bits per heavy atom. The number of nitrogens with zero attached hydrogens (tertiary/aromatic N) is 2. The van der Waals surface area contributed by atoms with Crippen molar-refractivity contribution in [3.05, 3.63) is 66.2 Å². The molecular formula is C21H12MnN2O9S2. The van der Waals surface area contributed by atoms with E-state index in [1.807, 2.05) is 0 Å². The summed E-state index contributed by atoms with van der Waals surface area (Å²) in [5, 5.41) is 31.7. The first-order valence-electron chi connectivity index (χ1n) is 9.25. The Morgan fingerprint density at radius 1 is 0.771 bits per heavy atom. The summed E-state index contributed by atoms with van der Waals surface area (Å²) in [7, 11) is -9.68.